The topological polar surface area (TPSA) is 75.7 Å². The first-order chi connectivity index (χ1) is 10.3. The van der Waals surface area contributed by atoms with Gasteiger partial charge in [0.25, 0.3) is 5.69 Å². The summed E-state index contributed by atoms with van der Waals surface area (Å²) in [7, 11) is 0. The van der Waals surface area contributed by atoms with Gasteiger partial charge in [-0.15, -0.1) is 0 Å². The van der Waals surface area contributed by atoms with E-state index >= 15 is 0 Å². The van der Waals surface area contributed by atoms with Gasteiger partial charge in [0.2, 0.25) is 0 Å². The Morgan fingerprint density at radius 2 is 1.77 bits per heavy atom. The van der Waals surface area contributed by atoms with E-state index in [0.717, 1.165) is 48.7 Å². The second kappa shape index (κ2) is 5.84. The Morgan fingerprint density at radius 3 is 2.32 bits per heavy atom. The minimum Gasteiger partial charge on any atom is -0.507 e. The molecule has 0 unspecified atom stereocenters. The first-order valence-corrected chi connectivity index (χ1v) is 5.96. The van der Waals surface area contributed by atoms with E-state index in [9.17, 15) is 28.4 Å². The van der Waals surface area contributed by atoms with Crippen molar-refractivity contribution in [3.8, 4) is 5.75 Å². The summed E-state index contributed by atoms with van der Waals surface area (Å²) in [6.07, 6.45) is -3.29. The number of hydrogen-bond donors (Lipinski definition) is 1. The highest BCUT2D eigenvalue weighted by Gasteiger charge is 2.29. The van der Waals surface area contributed by atoms with Crippen molar-refractivity contribution in [2.45, 2.75) is 6.18 Å². The molecular formula is C14H9F3N2O3. The molecule has 114 valence electrons. The van der Waals surface area contributed by atoms with Crippen LogP contribution in [0.4, 0.5) is 24.5 Å². The highest BCUT2D eigenvalue weighted by Crippen LogP contribution is 2.30. The highest BCUT2D eigenvalue weighted by molar-refractivity contribution is 5.86. The van der Waals surface area contributed by atoms with Crippen LogP contribution in [0.5, 0.6) is 5.75 Å². The van der Waals surface area contributed by atoms with E-state index in [1.54, 1.807) is 0 Å². The normalized spacial score (nSPS) is 11.8. The SMILES string of the molecule is O=[N+]([O-])c1ccc(O)c(/C=N/c2ccc(C(F)(F)F)cc2)c1. The first kappa shape index (κ1) is 15.5. The smallest absolute Gasteiger partial charge is 0.416 e. The van der Waals surface area contributed by atoms with Crippen LogP contribution >= 0.6 is 0 Å². The summed E-state index contributed by atoms with van der Waals surface area (Å²) in [5.41, 5.74) is -0.718. The number of aromatic hydroxyl groups is 1. The van der Waals surface area contributed by atoms with Crippen molar-refractivity contribution in [3.63, 3.8) is 0 Å². The standard InChI is InChI=1S/C14H9F3N2O3/c15-14(16,17)10-1-3-11(4-2-10)18-8-9-7-12(19(21)22)5-6-13(9)20/h1-8,20H/b18-8+. The van der Waals surface area contributed by atoms with Crippen LogP contribution < -0.4 is 0 Å². The summed E-state index contributed by atoms with van der Waals surface area (Å²) in [5, 5.41) is 20.2. The van der Waals surface area contributed by atoms with Crippen LogP contribution in [0.15, 0.2) is 47.5 Å². The maximum Gasteiger partial charge on any atom is 0.416 e. The number of non-ortho nitro benzene ring substituents is 1. The predicted molar refractivity (Wildman–Crippen MR) is 73.5 cm³/mol. The molecule has 2 aromatic rings. The van der Waals surface area contributed by atoms with E-state index in [-0.39, 0.29) is 22.7 Å². The van der Waals surface area contributed by atoms with Crippen molar-refractivity contribution in [2.24, 2.45) is 4.99 Å². The van der Waals surface area contributed by atoms with Crippen LogP contribution in [0.25, 0.3) is 0 Å². The maximum absolute atomic E-state index is 12.4. The molecule has 5 nitrogen and oxygen atoms in total. The van der Waals surface area contributed by atoms with Crippen LogP contribution in [-0.4, -0.2) is 16.2 Å². The van der Waals surface area contributed by atoms with Gasteiger partial charge in [-0.2, -0.15) is 13.2 Å². The van der Waals surface area contributed by atoms with Crippen LogP contribution in [0.3, 0.4) is 0 Å². The van der Waals surface area contributed by atoms with E-state index < -0.39 is 16.7 Å². The molecule has 0 heterocycles. The highest BCUT2D eigenvalue weighted by atomic mass is 19.4. The zero-order chi connectivity index (χ0) is 16.3. The molecule has 8 heteroatoms. The largest absolute Gasteiger partial charge is 0.507 e. The maximum atomic E-state index is 12.4. The first-order valence-electron chi connectivity index (χ1n) is 5.96. The average Bonchev–Trinajstić information content (AvgIpc) is 2.45. The van der Waals surface area contributed by atoms with E-state index in [1.807, 2.05) is 0 Å². The van der Waals surface area contributed by atoms with Gasteiger partial charge in [-0.1, -0.05) is 0 Å². The number of rotatable bonds is 3. The van der Waals surface area contributed by atoms with Gasteiger partial charge in [0.1, 0.15) is 5.75 Å². The van der Waals surface area contributed by atoms with Crippen molar-refractivity contribution in [2.75, 3.05) is 0 Å². The fourth-order valence-corrected chi connectivity index (χ4v) is 1.64. The van der Waals surface area contributed by atoms with Gasteiger partial charge in [-0.25, -0.2) is 0 Å². The number of nitro benzene ring substituents is 1. The van der Waals surface area contributed by atoms with Crippen molar-refractivity contribution >= 4 is 17.6 Å². The minimum absolute atomic E-state index is 0.0918. The molecule has 0 bridgehead atoms. The Morgan fingerprint density at radius 1 is 1.14 bits per heavy atom. The third-order valence-corrected chi connectivity index (χ3v) is 2.77. The van der Waals surface area contributed by atoms with Crippen LogP contribution in [0, 0.1) is 10.1 Å². The van der Waals surface area contributed by atoms with E-state index in [4.69, 9.17) is 0 Å². The predicted octanol–water partition coefficient (Wildman–Crippen LogP) is 4.07. The van der Waals surface area contributed by atoms with Crippen LogP contribution in [-0.2, 0) is 6.18 Å². The number of aliphatic imine (C=N–C) groups is 1. The molecule has 22 heavy (non-hydrogen) atoms. The Balaban J connectivity index is 2.25. The van der Waals surface area contributed by atoms with Gasteiger partial charge < -0.3 is 5.11 Å². The van der Waals surface area contributed by atoms with Crippen LogP contribution in [0.1, 0.15) is 11.1 Å². The molecule has 0 spiro atoms. The fourth-order valence-electron chi connectivity index (χ4n) is 1.64. The third kappa shape index (κ3) is 3.60. The molecule has 0 atom stereocenters. The van der Waals surface area contributed by atoms with Crippen molar-refractivity contribution < 1.29 is 23.2 Å². The number of alkyl halides is 3. The molecule has 0 radical (unpaired) electrons. The lowest BCUT2D eigenvalue weighted by Crippen LogP contribution is -2.03. The molecule has 0 saturated carbocycles. The average molecular weight is 310 g/mol. The number of nitrogens with zero attached hydrogens (tertiary/aromatic N) is 2. The Kier molecular flexibility index (Phi) is 4.11. The Hall–Kier alpha value is -2.90. The Labute approximate surface area is 122 Å². The van der Waals surface area contributed by atoms with Gasteiger partial charge in [-0.05, 0) is 30.3 Å². The lowest BCUT2D eigenvalue weighted by atomic mass is 10.2. The van der Waals surface area contributed by atoms with Crippen LogP contribution in [0.2, 0.25) is 0 Å². The zero-order valence-electron chi connectivity index (χ0n) is 10.9. The molecule has 2 aromatic carbocycles. The molecule has 2 rings (SSSR count). The number of hydrogen-bond acceptors (Lipinski definition) is 4. The zero-order valence-corrected chi connectivity index (χ0v) is 10.9. The summed E-state index contributed by atoms with van der Waals surface area (Å²) in [6, 6.07) is 7.46. The number of halogens is 3. The van der Waals surface area contributed by atoms with Gasteiger partial charge >= 0.3 is 6.18 Å². The lowest BCUT2D eigenvalue weighted by Gasteiger charge is -2.05. The fraction of sp³-hybridized carbons (Fsp3) is 0.0714. The van der Waals surface area contributed by atoms with E-state index in [2.05, 4.69) is 4.99 Å². The van der Waals surface area contributed by atoms with Crippen molar-refractivity contribution in [3.05, 3.63) is 63.7 Å². The lowest BCUT2D eigenvalue weighted by molar-refractivity contribution is -0.384. The van der Waals surface area contributed by atoms with Gasteiger partial charge in [-0.3, -0.25) is 15.1 Å². The second-order valence-electron chi connectivity index (χ2n) is 4.30. The summed E-state index contributed by atoms with van der Waals surface area (Å²) in [4.78, 5) is 13.9. The number of nitro groups is 1. The van der Waals surface area contributed by atoms with E-state index in [1.165, 1.54) is 0 Å². The van der Waals surface area contributed by atoms with E-state index in [0.29, 0.717) is 0 Å². The van der Waals surface area contributed by atoms with Crippen molar-refractivity contribution in [1.82, 2.24) is 0 Å². The van der Waals surface area contributed by atoms with Gasteiger partial charge in [0.05, 0.1) is 16.2 Å². The quantitative estimate of drug-likeness (QED) is 0.527. The summed E-state index contributed by atoms with van der Waals surface area (Å²) >= 11 is 0. The molecule has 0 aromatic heterocycles. The number of phenols is 1. The third-order valence-electron chi connectivity index (χ3n) is 2.77. The van der Waals surface area contributed by atoms with Gasteiger partial charge in [0.15, 0.2) is 0 Å². The molecule has 0 aliphatic carbocycles. The molecule has 0 aliphatic heterocycles. The number of phenolic OH excluding ortho intramolecular Hbond substituents is 1. The molecule has 0 amide bonds. The monoisotopic (exact) mass is 310 g/mol. The Bertz CT molecular complexity index is 725. The molecule has 0 aliphatic rings. The molecule has 1 N–H and O–H groups in total. The van der Waals surface area contributed by atoms with Gasteiger partial charge in [0, 0.05) is 23.9 Å². The molecule has 0 fully saturated rings. The molecule has 0 saturated heterocycles. The summed E-state index contributed by atoms with van der Waals surface area (Å²) in [5.74, 6) is -0.221. The molecular weight excluding hydrogens is 301 g/mol. The summed E-state index contributed by atoms with van der Waals surface area (Å²) in [6.45, 7) is 0. The minimum atomic E-state index is -4.43. The van der Waals surface area contributed by atoms with Crippen molar-refractivity contribution in [1.29, 1.82) is 0 Å². The second-order valence-corrected chi connectivity index (χ2v) is 4.30. The summed E-state index contributed by atoms with van der Waals surface area (Å²) < 4.78 is 37.2. The number of benzene rings is 2.